The van der Waals surface area contributed by atoms with E-state index in [1.807, 2.05) is 56.6 Å². The summed E-state index contributed by atoms with van der Waals surface area (Å²) >= 11 is 0. The molecule has 1 fully saturated rings. The zero-order valence-corrected chi connectivity index (χ0v) is 18.0. The monoisotopic (exact) mass is 408 g/mol. The summed E-state index contributed by atoms with van der Waals surface area (Å²) in [6.07, 6.45) is 1.69. The number of pyridine rings is 1. The minimum absolute atomic E-state index is 0.0559. The number of rotatable bonds is 8. The predicted octanol–water partition coefficient (Wildman–Crippen LogP) is 2.76. The van der Waals surface area contributed by atoms with Gasteiger partial charge in [-0.2, -0.15) is 5.26 Å². The Kier molecular flexibility index (Phi) is 6.91. The molecule has 0 saturated carbocycles. The molecule has 3 rings (SSSR count). The van der Waals surface area contributed by atoms with Gasteiger partial charge in [0, 0.05) is 12.1 Å². The van der Waals surface area contributed by atoms with Crippen molar-refractivity contribution in [2.45, 2.75) is 18.9 Å². The number of likely N-dealkylation sites (tertiary alicyclic amines) is 1. The van der Waals surface area contributed by atoms with Crippen molar-refractivity contribution in [3.63, 3.8) is 0 Å². The number of anilines is 1. The molecule has 0 spiro atoms. The molecule has 0 aliphatic carbocycles. The van der Waals surface area contributed by atoms with Crippen molar-refractivity contribution in [3.8, 4) is 23.1 Å². The van der Waals surface area contributed by atoms with E-state index in [4.69, 9.17) is 9.72 Å². The van der Waals surface area contributed by atoms with Gasteiger partial charge in [0.15, 0.2) is 6.54 Å². The van der Waals surface area contributed by atoms with Crippen LogP contribution in [0, 0.1) is 11.3 Å². The van der Waals surface area contributed by atoms with Crippen LogP contribution in [0.3, 0.4) is 0 Å². The van der Waals surface area contributed by atoms with Crippen LogP contribution in [-0.4, -0.2) is 73.7 Å². The Balaban J connectivity index is 1.57. The van der Waals surface area contributed by atoms with E-state index in [0.717, 1.165) is 42.2 Å². The van der Waals surface area contributed by atoms with Crippen LogP contribution in [0.1, 0.15) is 12.8 Å². The fourth-order valence-corrected chi connectivity index (χ4v) is 3.76. The highest BCUT2D eigenvalue weighted by atomic mass is 16.5. The lowest BCUT2D eigenvalue weighted by Crippen LogP contribution is -2.51. The normalized spacial score (nSPS) is 16.2. The van der Waals surface area contributed by atoms with Crippen LogP contribution in [0.15, 0.2) is 42.5 Å². The zero-order valence-electron chi connectivity index (χ0n) is 18.0. The molecule has 0 radical (unpaired) electrons. The van der Waals surface area contributed by atoms with Gasteiger partial charge in [0.2, 0.25) is 0 Å². The van der Waals surface area contributed by atoms with Gasteiger partial charge in [0.1, 0.15) is 17.6 Å². The molecule has 0 bridgehead atoms. The minimum Gasteiger partial charge on any atom is -0.496 e. The first-order chi connectivity index (χ1) is 14.4. The fraction of sp³-hybridized carbons (Fsp3) is 0.435. The Labute approximate surface area is 178 Å². The molecule has 7 heteroatoms. The first kappa shape index (κ1) is 21.6. The molecule has 7 nitrogen and oxygen atoms in total. The van der Waals surface area contributed by atoms with E-state index in [1.165, 1.54) is 0 Å². The summed E-state index contributed by atoms with van der Waals surface area (Å²) in [5, 5.41) is 12.6. The van der Waals surface area contributed by atoms with Crippen molar-refractivity contribution < 1.29 is 14.0 Å². The van der Waals surface area contributed by atoms with E-state index >= 15 is 0 Å². The number of amides is 1. The van der Waals surface area contributed by atoms with Crippen molar-refractivity contribution >= 4 is 11.7 Å². The third-order valence-electron chi connectivity index (χ3n) is 5.44. The van der Waals surface area contributed by atoms with E-state index < -0.39 is 0 Å². The van der Waals surface area contributed by atoms with Gasteiger partial charge in [-0.1, -0.05) is 18.2 Å². The Morgan fingerprint density at radius 2 is 2.10 bits per heavy atom. The standard InChI is InChI=1S/C23H30N5O2/c1-28(2,17-23(29)27-14-7-8-18(27)16-24)15-13-25-22-12-6-10-20(26-22)19-9-4-5-11-21(19)30-3/h4-6,9-12,18H,7-8,13-15,17H2,1-3H3,(H,25,26)/q+1/t18-/m0/s1. The number of nitrogens with zero attached hydrogens (tertiary/aromatic N) is 4. The van der Waals surface area contributed by atoms with Gasteiger partial charge in [-0.05, 0) is 37.1 Å². The van der Waals surface area contributed by atoms with Gasteiger partial charge in [-0.25, -0.2) is 4.98 Å². The molecule has 1 aromatic carbocycles. The zero-order chi connectivity index (χ0) is 21.6. The van der Waals surface area contributed by atoms with Crippen LogP contribution in [-0.2, 0) is 4.79 Å². The summed E-state index contributed by atoms with van der Waals surface area (Å²) in [5.74, 6) is 1.63. The number of aromatic nitrogens is 1. The summed E-state index contributed by atoms with van der Waals surface area (Å²) in [6, 6.07) is 15.7. The molecular formula is C23H30N5O2+. The molecular weight excluding hydrogens is 378 g/mol. The number of nitriles is 1. The van der Waals surface area contributed by atoms with Gasteiger partial charge in [0.25, 0.3) is 5.91 Å². The van der Waals surface area contributed by atoms with Crippen LogP contribution < -0.4 is 10.1 Å². The van der Waals surface area contributed by atoms with Crippen LogP contribution in [0.5, 0.6) is 5.75 Å². The third kappa shape index (κ3) is 5.28. The quantitative estimate of drug-likeness (QED) is 0.680. The number of likely N-dealkylation sites (N-methyl/N-ethyl adjacent to an activating group) is 1. The van der Waals surface area contributed by atoms with Crippen molar-refractivity contribution in [1.82, 2.24) is 9.88 Å². The minimum atomic E-state index is -0.266. The molecule has 1 atom stereocenters. The highest BCUT2D eigenvalue weighted by molar-refractivity contribution is 5.78. The largest absolute Gasteiger partial charge is 0.496 e. The maximum atomic E-state index is 12.6. The lowest BCUT2D eigenvalue weighted by Gasteiger charge is -2.31. The van der Waals surface area contributed by atoms with Gasteiger partial charge in [-0.3, -0.25) is 4.79 Å². The van der Waals surface area contributed by atoms with Crippen LogP contribution in [0.4, 0.5) is 5.82 Å². The SMILES string of the molecule is COc1ccccc1-c1cccc(NCC[N+](C)(C)CC(=O)N2CCC[C@H]2C#N)n1. The average molecular weight is 409 g/mol. The number of hydrogen-bond donors (Lipinski definition) is 1. The summed E-state index contributed by atoms with van der Waals surface area (Å²) in [7, 11) is 5.73. The van der Waals surface area contributed by atoms with Crippen LogP contribution >= 0.6 is 0 Å². The number of quaternary nitrogens is 1. The molecule has 0 unspecified atom stereocenters. The fourth-order valence-electron chi connectivity index (χ4n) is 3.76. The number of carbonyl (C=O) groups excluding carboxylic acids is 1. The molecule has 1 aromatic heterocycles. The third-order valence-corrected chi connectivity index (χ3v) is 5.44. The molecule has 1 aliphatic rings. The highest BCUT2D eigenvalue weighted by Gasteiger charge is 2.32. The second-order valence-corrected chi connectivity index (χ2v) is 8.23. The van der Waals surface area contributed by atoms with Crippen molar-refractivity contribution in [1.29, 1.82) is 5.26 Å². The molecule has 1 saturated heterocycles. The number of hydrogen-bond acceptors (Lipinski definition) is 5. The van der Waals surface area contributed by atoms with Gasteiger partial charge in [0.05, 0.1) is 46.1 Å². The van der Waals surface area contributed by atoms with Gasteiger partial charge < -0.3 is 19.4 Å². The second-order valence-electron chi connectivity index (χ2n) is 8.23. The second kappa shape index (κ2) is 9.59. The summed E-state index contributed by atoms with van der Waals surface area (Å²) < 4.78 is 5.99. The molecule has 30 heavy (non-hydrogen) atoms. The maximum absolute atomic E-state index is 12.6. The maximum Gasteiger partial charge on any atom is 0.278 e. The number of methoxy groups -OCH3 is 1. The van der Waals surface area contributed by atoms with Crippen molar-refractivity contribution in [3.05, 3.63) is 42.5 Å². The number of nitrogens with one attached hydrogen (secondary N) is 1. The van der Waals surface area contributed by atoms with Gasteiger partial charge in [-0.15, -0.1) is 0 Å². The predicted molar refractivity (Wildman–Crippen MR) is 117 cm³/mol. The molecule has 1 aliphatic heterocycles. The van der Waals surface area contributed by atoms with E-state index in [9.17, 15) is 10.1 Å². The molecule has 1 amide bonds. The van der Waals surface area contributed by atoms with Crippen molar-refractivity contribution in [2.75, 3.05) is 52.7 Å². The van der Waals surface area contributed by atoms with Crippen LogP contribution in [0.25, 0.3) is 11.3 Å². The highest BCUT2D eigenvalue weighted by Crippen LogP contribution is 2.28. The lowest BCUT2D eigenvalue weighted by molar-refractivity contribution is -0.881. The average Bonchev–Trinajstić information content (AvgIpc) is 3.22. The topological polar surface area (TPSA) is 78.2 Å². The van der Waals surface area contributed by atoms with E-state index in [2.05, 4.69) is 11.4 Å². The van der Waals surface area contributed by atoms with Crippen molar-refractivity contribution in [2.24, 2.45) is 0 Å². The molecule has 2 aromatic rings. The summed E-state index contributed by atoms with van der Waals surface area (Å²) in [4.78, 5) is 19.1. The molecule has 1 N–H and O–H groups in total. The molecule has 158 valence electrons. The molecule has 2 heterocycles. The Morgan fingerprint density at radius 1 is 1.30 bits per heavy atom. The Hall–Kier alpha value is -3.11. The number of ether oxygens (including phenoxy) is 1. The van der Waals surface area contributed by atoms with Crippen LogP contribution in [0.2, 0.25) is 0 Å². The number of carbonyl (C=O) groups is 1. The van der Waals surface area contributed by atoms with Gasteiger partial charge >= 0.3 is 0 Å². The number of benzene rings is 1. The first-order valence-electron chi connectivity index (χ1n) is 10.3. The van der Waals surface area contributed by atoms with E-state index in [0.29, 0.717) is 24.1 Å². The number of para-hydroxylation sites is 1. The van der Waals surface area contributed by atoms with E-state index in [-0.39, 0.29) is 11.9 Å². The summed E-state index contributed by atoms with van der Waals surface area (Å²) in [6.45, 7) is 2.52. The summed E-state index contributed by atoms with van der Waals surface area (Å²) in [5.41, 5.74) is 1.79. The lowest BCUT2D eigenvalue weighted by atomic mass is 10.1. The smallest absolute Gasteiger partial charge is 0.278 e. The Morgan fingerprint density at radius 3 is 2.87 bits per heavy atom. The van der Waals surface area contributed by atoms with E-state index in [1.54, 1.807) is 12.0 Å². The Bertz CT molecular complexity index is 922. The first-order valence-corrected chi connectivity index (χ1v) is 10.3.